The highest BCUT2D eigenvalue weighted by molar-refractivity contribution is 5.99. The van der Waals surface area contributed by atoms with E-state index in [4.69, 9.17) is 10.8 Å². The van der Waals surface area contributed by atoms with Gasteiger partial charge in [0, 0.05) is 18.4 Å². The largest absolute Gasteiger partial charge is 0.366 e. The maximum atomic E-state index is 12.1. The Balaban J connectivity index is 1.70. The topological polar surface area (TPSA) is 103 Å². The van der Waals surface area contributed by atoms with Crippen molar-refractivity contribution in [2.24, 2.45) is 11.1 Å². The molecule has 1 aromatic carbocycles. The highest BCUT2D eigenvalue weighted by Crippen LogP contribution is 2.37. The van der Waals surface area contributed by atoms with E-state index in [9.17, 15) is 4.79 Å². The van der Waals surface area contributed by atoms with Crippen LogP contribution < -0.4 is 16.4 Å². The van der Waals surface area contributed by atoms with Crippen LogP contribution in [0.4, 0.5) is 11.4 Å². The van der Waals surface area contributed by atoms with Crippen LogP contribution in [0, 0.1) is 12.3 Å². The third-order valence-corrected chi connectivity index (χ3v) is 6.00. The Morgan fingerprint density at radius 2 is 2.13 bits per heavy atom. The van der Waals surface area contributed by atoms with E-state index >= 15 is 0 Å². The predicted octanol–water partition coefficient (Wildman–Crippen LogP) is 2.95. The van der Waals surface area contributed by atoms with Crippen LogP contribution in [0.25, 0.3) is 5.69 Å². The molecule has 0 radical (unpaired) electrons. The van der Waals surface area contributed by atoms with Crippen molar-refractivity contribution in [3.63, 3.8) is 0 Å². The van der Waals surface area contributed by atoms with E-state index in [1.165, 1.54) is 11.3 Å². The lowest BCUT2D eigenvalue weighted by molar-refractivity contribution is 0.100. The molecule has 1 amide bonds. The van der Waals surface area contributed by atoms with E-state index in [-0.39, 0.29) is 5.41 Å². The van der Waals surface area contributed by atoms with Gasteiger partial charge >= 0.3 is 0 Å². The monoisotopic (exact) mass is 421 g/mol. The summed E-state index contributed by atoms with van der Waals surface area (Å²) < 4.78 is 3.87. The zero-order chi connectivity index (χ0) is 22.2. The van der Waals surface area contributed by atoms with E-state index in [2.05, 4.69) is 36.5 Å². The molecule has 0 aliphatic heterocycles. The summed E-state index contributed by atoms with van der Waals surface area (Å²) in [5.74, 6) is -0.476. The number of carbonyl (C=O) groups is 1. The lowest BCUT2D eigenvalue weighted by Gasteiger charge is -2.30. The molecule has 0 unspecified atom stereocenters. The average molecular weight is 422 g/mol. The minimum absolute atomic E-state index is 0.243. The minimum atomic E-state index is -0.476. The lowest BCUT2D eigenvalue weighted by Crippen LogP contribution is -2.24. The van der Waals surface area contributed by atoms with Crippen molar-refractivity contribution in [1.82, 2.24) is 24.9 Å². The molecule has 0 spiro atoms. The van der Waals surface area contributed by atoms with Gasteiger partial charge in [0.25, 0.3) is 5.91 Å². The molecule has 0 atom stereocenters. The molecular weight excluding hydrogens is 390 g/mol. The zero-order valence-electron chi connectivity index (χ0n) is 18.7. The number of benzene rings is 1. The third-order valence-electron chi connectivity index (χ3n) is 6.00. The number of primary amides is 1. The van der Waals surface area contributed by atoms with Gasteiger partial charge in [0.1, 0.15) is 0 Å². The van der Waals surface area contributed by atoms with E-state index in [1.807, 2.05) is 34.7 Å². The first-order valence-corrected chi connectivity index (χ1v) is 10.7. The van der Waals surface area contributed by atoms with Gasteiger partial charge in [-0.3, -0.25) is 9.48 Å². The Kier molecular flexibility index (Phi) is 5.58. The van der Waals surface area contributed by atoms with Gasteiger partial charge in [0.15, 0.2) is 0 Å². The van der Waals surface area contributed by atoms with Crippen molar-refractivity contribution in [1.29, 1.82) is 0 Å². The van der Waals surface area contributed by atoms with Crippen LogP contribution >= 0.6 is 0 Å². The van der Waals surface area contributed by atoms with Crippen molar-refractivity contribution < 1.29 is 4.79 Å². The number of aryl methyl sites for hydroxylation is 1. The van der Waals surface area contributed by atoms with Crippen LogP contribution in [-0.4, -0.2) is 39.1 Å². The van der Waals surface area contributed by atoms with E-state index in [0.29, 0.717) is 11.3 Å². The van der Waals surface area contributed by atoms with Crippen molar-refractivity contribution in [3.05, 3.63) is 53.1 Å². The lowest BCUT2D eigenvalue weighted by atomic mass is 9.76. The molecule has 2 aromatic heterocycles. The summed E-state index contributed by atoms with van der Waals surface area (Å²) >= 11 is 0. The second kappa shape index (κ2) is 8.19. The zero-order valence-corrected chi connectivity index (χ0v) is 18.7. The number of nitrogens with one attached hydrogen (secondary N) is 2. The molecule has 0 bridgehead atoms. The molecule has 3 aromatic rings. The Hall–Kier alpha value is -3.13. The number of nitrogens with zero attached hydrogens (tertiary/aromatic N) is 4. The van der Waals surface area contributed by atoms with Gasteiger partial charge in [0.05, 0.1) is 41.1 Å². The molecule has 0 fully saturated rings. The number of carbonyl (C=O) groups excluding carboxylic acids is 1. The van der Waals surface area contributed by atoms with Gasteiger partial charge in [-0.1, -0.05) is 13.8 Å². The average Bonchev–Trinajstić information content (AvgIpc) is 3.29. The summed E-state index contributed by atoms with van der Waals surface area (Å²) in [5.41, 5.74) is 12.4. The quantitative estimate of drug-likeness (QED) is 0.544. The Morgan fingerprint density at radius 1 is 1.32 bits per heavy atom. The number of anilines is 2. The molecular formula is C23H31N7O. The number of hydrogen-bond acceptors (Lipinski definition) is 5. The summed E-state index contributed by atoms with van der Waals surface area (Å²) in [6.07, 6.45) is 6.84. The van der Waals surface area contributed by atoms with Crippen LogP contribution in [0.1, 0.15) is 47.6 Å². The van der Waals surface area contributed by atoms with Crippen molar-refractivity contribution in [3.8, 4) is 5.69 Å². The molecule has 4 rings (SSSR count). The van der Waals surface area contributed by atoms with Gasteiger partial charge in [-0.2, -0.15) is 10.2 Å². The summed E-state index contributed by atoms with van der Waals surface area (Å²) in [4.78, 5) is 12.1. The number of aromatic nitrogens is 4. The Bertz CT molecular complexity index is 1110. The van der Waals surface area contributed by atoms with Crippen LogP contribution in [0.3, 0.4) is 0 Å². The molecule has 2 heterocycles. The summed E-state index contributed by atoms with van der Waals surface area (Å²) in [6.45, 7) is 8.26. The number of nitrogens with two attached hydrogens (primary N) is 1. The van der Waals surface area contributed by atoms with Crippen LogP contribution in [0.15, 0.2) is 30.6 Å². The molecule has 164 valence electrons. The van der Waals surface area contributed by atoms with E-state index in [0.717, 1.165) is 49.4 Å². The molecule has 8 heteroatoms. The first-order valence-electron chi connectivity index (χ1n) is 10.7. The first kappa shape index (κ1) is 21.1. The van der Waals surface area contributed by atoms with Crippen molar-refractivity contribution in [2.45, 2.75) is 46.6 Å². The highest BCUT2D eigenvalue weighted by Gasteiger charge is 2.30. The van der Waals surface area contributed by atoms with Gasteiger partial charge in [-0.25, -0.2) is 4.68 Å². The SMILES string of the molecule is CNCCn1cc(Nc2cc(-n3nc(C)c4c3CC(C)(C)CC4)ccc2C(N)=O)cn1. The Labute approximate surface area is 182 Å². The number of rotatable bonds is 7. The number of likely N-dealkylation sites (N-methyl/N-ethyl adjacent to an activating group) is 1. The molecule has 8 nitrogen and oxygen atoms in total. The second-order valence-electron chi connectivity index (χ2n) is 9.08. The van der Waals surface area contributed by atoms with E-state index < -0.39 is 5.91 Å². The minimum Gasteiger partial charge on any atom is -0.366 e. The molecule has 1 aliphatic rings. The van der Waals surface area contributed by atoms with Gasteiger partial charge in [-0.15, -0.1) is 0 Å². The molecule has 1 aliphatic carbocycles. The van der Waals surface area contributed by atoms with Crippen molar-refractivity contribution >= 4 is 17.3 Å². The summed E-state index contributed by atoms with van der Waals surface area (Å²) in [7, 11) is 1.91. The van der Waals surface area contributed by atoms with Gasteiger partial charge < -0.3 is 16.4 Å². The fourth-order valence-corrected chi connectivity index (χ4v) is 4.25. The smallest absolute Gasteiger partial charge is 0.250 e. The predicted molar refractivity (Wildman–Crippen MR) is 122 cm³/mol. The van der Waals surface area contributed by atoms with E-state index in [1.54, 1.807) is 12.3 Å². The fraction of sp³-hybridized carbons (Fsp3) is 0.435. The molecule has 4 N–H and O–H groups in total. The number of hydrogen-bond donors (Lipinski definition) is 3. The molecule has 31 heavy (non-hydrogen) atoms. The maximum Gasteiger partial charge on any atom is 0.250 e. The Morgan fingerprint density at radius 3 is 2.87 bits per heavy atom. The fourth-order valence-electron chi connectivity index (χ4n) is 4.25. The normalized spacial score (nSPS) is 15.0. The van der Waals surface area contributed by atoms with Crippen LogP contribution in [-0.2, 0) is 19.4 Å². The third kappa shape index (κ3) is 4.34. The maximum absolute atomic E-state index is 12.1. The molecule has 0 saturated carbocycles. The molecule has 0 saturated heterocycles. The number of fused-ring (bicyclic) bond motifs is 1. The van der Waals surface area contributed by atoms with Crippen LogP contribution in [0.5, 0.6) is 0 Å². The van der Waals surface area contributed by atoms with Crippen molar-refractivity contribution in [2.75, 3.05) is 18.9 Å². The summed E-state index contributed by atoms with van der Waals surface area (Å²) in [5, 5.41) is 15.6. The highest BCUT2D eigenvalue weighted by atomic mass is 16.1. The second-order valence-corrected chi connectivity index (χ2v) is 9.08. The standard InChI is InChI=1S/C23H31N7O/c1-15-18-7-8-23(2,3)12-21(18)30(28-15)17-5-6-19(22(24)31)20(11-17)27-16-13-26-29(14-16)10-9-25-4/h5-6,11,13-14,25,27H,7-10,12H2,1-4H3,(H2,24,31). The van der Waals surface area contributed by atoms with Gasteiger partial charge in [0.2, 0.25) is 0 Å². The first-order chi connectivity index (χ1) is 14.8. The van der Waals surface area contributed by atoms with Crippen LogP contribution in [0.2, 0.25) is 0 Å². The number of amides is 1. The van der Waals surface area contributed by atoms with Gasteiger partial charge in [-0.05, 0) is 62.4 Å². The summed E-state index contributed by atoms with van der Waals surface area (Å²) in [6, 6.07) is 5.62.